The average molecular weight is 378 g/mol. The molecule has 1 aliphatic heterocycles. The van der Waals surface area contributed by atoms with Crippen LogP contribution in [0.2, 0.25) is 0 Å². The molecular formula is C21H22N4O3. The van der Waals surface area contributed by atoms with E-state index < -0.39 is 0 Å². The second-order valence-electron chi connectivity index (χ2n) is 7.09. The largest absolute Gasteiger partial charge is 0.445 e. The molecule has 0 saturated heterocycles. The van der Waals surface area contributed by atoms with E-state index in [1.54, 1.807) is 6.92 Å². The predicted octanol–water partition coefficient (Wildman–Crippen LogP) is 3.88. The lowest BCUT2D eigenvalue weighted by Crippen LogP contribution is -2.15. The van der Waals surface area contributed by atoms with Crippen LogP contribution < -0.4 is 10.7 Å². The summed E-state index contributed by atoms with van der Waals surface area (Å²) in [4.78, 5) is 24.0. The topological polar surface area (TPSA) is 90.0 Å². The SMILES string of the molecule is CC(=O)c1c(Nc2ccc(-c3nnc4n3CCCCC4)cc2)oc(C)cc1=O. The third kappa shape index (κ3) is 3.47. The monoisotopic (exact) mass is 378 g/mol. The van der Waals surface area contributed by atoms with Crippen molar-refractivity contribution in [3.63, 3.8) is 0 Å². The molecule has 0 radical (unpaired) electrons. The molecule has 7 nitrogen and oxygen atoms in total. The van der Waals surface area contributed by atoms with Crippen molar-refractivity contribution in [3.05, 3.63) is 57.7 Å². The van der Waals surface area contributed by atoms with E-state index in [-0.39, 0.29) is 22.7 Å². The summed E-state index contributed by atoms with van der Waals surface area (Å²) in [7, 11) is 0. The number of nitrogens with one attached hydrogen (secondary N) is 1. The third-order valence-electron chi connectivity index (χ3n) is 4.93. The van der Waals surface area contributed by atoms with E-state index in [2.05, 4.69) is 20.1 Å². The van der Waals surface area contributed by atoms with Crippen LogP contribution in [0.1, 0.15) is 48.1 Å². The maximum absolute atomic E-state index is 12.1. The number of hydrogen-bond acceptors (Lipinski definition) is 6. The van der Waals surface area contributed by atoms with Crippen molar-refractivity contribution >= 4 is 17.4 Å². The van der Waals surface area contributed by atoms with Gasteiger partial charge in [-0.3, -0.25) is 9.59 Å². The predicted molar refractivity (Wildman–Crippen MR) is 106 cm³/mol. The molecule has 0 unspecified atom stereocenters. The lowest BCUT2D eigenvalue weighted by molar-refractivity contribution is 0.101. The van der Waals surface area contributed by atoms with E-state index >= 15 is 0 Å². The van der Waals surface area contributed by atoms with E-state index in [4.69, 9.17) is 4.42 Å². The molecule has 0 saturated carbocycles. The van der Waals surface area contributed by atoms with Gasteiger partial charge in [-0.1, -0.05) is 6.42 Å². The lowest BCUT2D eigenvalue weighted by atomic mass is 10.1. The number of anilines is 2. The Morgan fingerprint density at radius 2 is 1.93 bits per heavy atom. The van der Waals surface area contributed by atoms with Crippen LogP contribution in [0.5, 0.6) is 0 Å². The van der Waals surface area contributed by atoms with Gasteiger partial charge in [0.2, 0.25) is 5.88 Å². The smallest absolute Gasteiger partial charge is 0.212 e. The normalized spacial score (nSPS) is 13.6. The van der Waals surface area contributed by atoms with Crippen molar-refractivity contribution in [3.8, 4) is 11.4 Å². The minimum atomic E-state index is -0.346. The minimum absolute atomic E-state index is 0.0254. The van der Waals surface area contributed by atoms with Crippen molar-refractivity contribution < 1.29 is 9.21 Å². The summed E-state index contributed by atoms with van der Waals surface area (Å²) in [6, 6.07) is 8.97. The van der Waals surface area contributed by atoms with Crippen LogP contribution in [-0.4, -0.2) is 20.5 Å². The van der Waals surface area contributed by atoms with Gasteiger partial charge in [0.15, 0.2) is 17.0 Å². The van der Waals surface area contributed by atoms with Crippen LogP contribution in [0.15, 0.2) is 39.5 Å². The highest BCUT2D eigenvalue weighted by molar-refractivity contribution is 5.98. The Labute approximate surface area is 162 Å². The molecule has 0 aliphatic carbocycles. The van der Waals surface area contributed by atoms with Crippen LogP contribution in [0.4, 0.5) is 11.6 Å². The Balaban J connectivity index is 1.63. The first kappa shape index (κ1) is 18.2. The van der Waals surface area contributed by atoms with Crippen LogP contribution in [0, 0.1) is 6.92 Å². The fraction of sp³-hybridized carbons (Fsp3) is 0.333. The fourth-order valence-corrected chi connectivity index (χ4v) is 3.56. The first-order valence-corrected chi connectivity index (χ1v) is 9.48. The average Bonchev–Trinajstić information content (AvgIpc) is 2.90. The molecule has 0 amide bonds. The first-order chi connectivity index (χ1) is 13.5. The fourth-order valence-electron chi connectivity index (χ4n) is 3.56. The van der Waals surface area contributed by atoms with Gasteiger partial charge in [-0.05, 0) is 51.0 Å². The van der Waals surface area contributed by atoms with Gasteiger partial charge in [-0.25, -0.2) is 0 Å². The Hall–Kier alpha value is -3.22. The molecule has 0 spiro atoms. The van der Waals surface area contributed by atoms with E-state index in [0.717, 1.165) is 48.7 Å². The molecule has 144 valence electrons. The highest BCUT2D eigenvalue weighted by atomic mass is 16.4. The number of ketones is 1. The van der Waals surface area contributed by atoms with E-state index in [9.17, 15) is 9.59 Å². The Kier molecular flexibility index (Phi) is 4.81. The number of carbonyl (C=O) groups is 1. The summed E-state index contributed by atoms with van der Waals surface area (Å²) < 4.78 is 7.78. The maximum Gasteiger partial charge on any atom is 0.212 e. The molecule has 1 N–H and O–H groups in total. The molecule has 0 fully saturated rings. The van der Waals surface area contributed by atoms with Crippen molar-refractivity contribution in [2.45, 2.75) is 46.1 Å². The number of nitrogens with zero attached hydrogens (tertiary/aromatic N) is 3. The number of Topliss-reactive ketones (excluding diaryl/α,β-unsaturated/α-hetero) is 1. The van der Waals surface area contributed by atoms with Crippen molar-refractivity contribution in [1.29, 1.82) is 0 Å². The van der Waals surface area contributed by atoms with Gasteiger partial charge in [-0.15, -0.1) is 10.2 Å². The van der Waals surface area contributed by atoms with Crippen molar-refractivity contribution in [2.24, 2.45) is 0 Å². The molecule has 1 aromatic carbocycles. The van der Waals surface area contributed by atoms with Crippen LogP contribution >= 0.6 is 0 Å². The number of carbonyl (C=O) groups excluding carboxylic acids is 1. The van der Waals surface area contributed by atoms with Gasteiger partial charge in [0.1, 0.15) is 17.1 Å². The molecule has 28 heavy (non-hydrogen) atoms. The number of aryl methyl sites for hydroxylation is 2. The van der Waals surface area contributed by atoms with E-state index in [0.29, 0.717) is 5.76 Å². The Morgan fingerprint density at radius 1 is 1.14 bits per heavy atom. The third-order valence-corrected chi connectivity index (χ3v) is 4.93. The maximum atomic E-state index is 12.1. The summed E-state index contributed by atoms with van der Waals surface area (Å²) in [5.41, 5.74) is 1.37. The van der Waals surface area contributed by atoms with Crippen LogP contribution in [0.25, 0.3) is 11.4 Å². The number of hydrogen-bond donors (Lipinski definition) is 1. The zero-order valence-corrected chi connectivity index (χ0v) is 16.0. The molecule has 3 aromatic rings. The van der Waals surface area contributed by atoms with E-state index in [1.807, 2.05) is 24.3 Å². The first-order valence-electron chi connectivity index (χ1n) is 9.48. The lowest BCUT2D eigenvalue weighted by Gasteiger charge is -2.11. The van der Waals surface area contributed by atoms with Gasteiger partial charge < -0.3 is 14.3 Å². The molecule has 2 aromatic heterocycles. The number of aromatic nitrogens is 3. The van der Waals surface area contributed by atoms with Gasteiger partial charge in [0.05, 0.1) is 0 Å². The molecule has 0 atom stereocenters. The highest BCUT2D eigenvalue weighted by Crippen LogP contribution is 2.26. The summed E-state index contributed by atoms with van der Waals surface area (Å²) >= 11 is 0. The summed E-state index contributed by atoms with van der Waals surface area (Å²) in [5, 5.41) is 11.8. The standard InChI is InChI=1S/C21H22N4O3/c1-13-12-17(27)19(14(2)26)21(28-13)22-16-9-7-15(8-10-16)20-24-23-18-6-4-3-5-11-25(18)20/h7-10,12,22H,3-6,11H2,1-2H3. The molecule has 0 bridgehead atoms. The molecule has 1 aliphatic rings. The summed E-state index contributed by atoms with van der Waals surface area (Å²) in [6.45, 7) is 3.97. The van der Waals surface area contributed by atoms with Gasteiger partial charge in [0, 0.05) is 30.3 Å². The second-order valence-corrected chi connectivity index (χ2v) is 7.09. The zero-order valence-electron chi connectivity index (χ0n) is 16.0. The van der Waals surface area contributed by atoms with Gasteiger partial charge in [0.25, 0.3) is 0 Å². The van der Waals surface area contributed by atoms with Crippen LogP contribution in [-0.2, 0) is 13.0 Å². The molecule has 7 heteroatoms. The van der Waals surface area contributed by atoms with Gasteiger partial charge >= 0.3 is 0 Å². The number of fused-ring (bicyclic) bond motifs is 1. The van der Waals surface area contributed by atoms with Crippen molar-refractivity contribution in [2.75, 3.05) is 5.32 Å². The summed E-state index contributed by atoms with van der Waals surface area (Å²) in [5.74, 6) is 2.19. The minimum Gasteiger partial charge on any atom is -0.445 e. The Morgan fingerprint density at radius 3 is 2.68 bits per heavy atom. The van der Waals surface area contributed by atoms with E-state index in [1.165, 1.54) is 19.4 Å². The van der Waals surface area contributed by atoms with Gasteiger partial charge in [-0.2, -0.15) is 0 Å². The molecular weight excluding hydrogens is 356 g/mol. The molecule has 3 heterocycles. The zero-order chi connectivity index (χ0) is 19.7. The molecule has 4 rings (SSSR count). The number of benzene rings is 1. The number of rotatable bonds is 4. The summed E-state index contributed by atoms with van der Waals surface area (Å²) in [6.07, 6.45) is 4.47. The Bertz CT molecular complexity index is 1080. The second kappa shape index (κ2) is 7.42. The quantitative estimate of drug-likeness (QED) is 0.693. The highest BCUT2D eigenvalue weighted by Gasteiger charge is 2.17. The van der Waals surface area contributed by atoms with Crippen molar-refractivity contribution in [1.82, 2.24) is 14.8 Å². The van der Waals surface area contributed by atoms with Crippen LogP contribution in [0.3, 0.4) is 0 Å².